The van der Waals surface area contributed by atoms with Crippen LogP contribution in [0.5, 0.6) is 5.75 Å². The molecule has 8 nitrogen and oxygen atoms in total. The summed E-state index contributed by atoms with van der Waals surface area (Å²) in [7, 11) is -2.92. The molecule has 1 unspecified atom stereocenters. The summed E-state index contributed by atoms with van der Waals surface area (Å²) in [6.45, 7) is 5.15. The van der Waals surface area contributed by atoms with E-state index in [1.165, 1.54) is 36.3 Å². The lowest BCUT2D eigenvalue weighted by Crippen LogP contribution is -2.52. The number of benzene rings is 3. The minimum absolute atomic E-state index is 0.0312. The van der Waals surface area contributed by atoms with Gasteiger partial charge < -0.3 is 15.0 Å². The van der Waals surface area contributed by atoms with Gasteiger partial charge in [0.1, 0.15) is 18.3 Å². The molecule has 0 heterocycles. The molecule has 0 aliphatic rings. The highest BCUT2D eigenvalue weighted by molar-refractivity contribution is 7.92. The first-order valence-electron chi connectivity index (χ1n) is 13.4. The average molecular weight is 655 g/mol. The van der Waals surface area contributed by atoms with Crippen LogP contribution in [0.25, 0.3) is 0 Å². The number of ether oxygens (including phenoxy) is 1. The summed E-state index contributed by atoms with van der Waals surface area (Å²) in [5.41, 5.74) is 1.37. The number of nitrogens with zero attached hydrogens (tertiary/aromatic N) is 2. The smallest absolute Gasteiger partial charge is 0.264 e. The molecule has 0 aliphatic heterocycles. The largest absolute Gasteiger partial charge is 0.495 e. The normalized spacial score (nSPS) is 12.0. The van der Waals surface area contributed by atoms with Crippen LogP contribution < -0.4 is 14.4 Å². The first-order chi connectivity index (χ1) is 19.9. The van der Waals surface area contributed by atoms with E-state index in [0.717, 1.165) is 9.87 Å². The molecule has 0 fully saturated rings. The van der Waals surface area contributed by atoms with E-state index >= 15 is 0 Å². The van der Waals surface area contributed by atoms with Crippen LogP contribution in [-0.2, 0) is 26.2 Å². The predicted octanol–water partition coefficient (Wildman–Crippen LogP) is 6.49. The summed E-state index contributed by atoms with van der Waals surface area (Å²) in [4.78, 5) is 28.8. The van der Waals surface area contributed by atoms with Gasteiger partial charge in [0.25, 0.3) is 10.0 Å². The Kier molecular flexibility index (Phi) is 11.9. The molecule has 12 heteroatoms. The van der Waals surface area contributed by atoms with Crippen LogP contribution in [0, 0.1) is 6.92 Å². The summed E-state index contributed by atoms with van der Waals surface area (Å²) in [6.07, 6.45) is 0.957. The van der Waals surface area contributed by atoms with Gasteiger partial charge in [0.05, 0.1) is 17.7 Å². The first-order valence-corrected chi connectivity index (χ1v) is 15.9. The van der Waals surface area contributed by atoms with Gasteiger partial charge in [-0.1, -0.05) is 72.4 Å². The predicted molar refractivity (Wildman–Crippen MR) is 168 cm³/mol. The van der Waals surface area contributed by atoms with Gasteiger partial charge in [0.15, 0.2) is 0 Å². The van der Waals surface area contributed by atoms with Crippen molar-refractivity contribution < 1.29 is 22.7 Å². The SMILES string of the molecule is CCCNC(=O)C(CC)N(Cc1c(Cl)cccc1Cl)C(=O)CN(c1cc(Cl)ccc1OC)S(=O)(=O)c1ccc(C)cc1. The molecule has 1 N–H and O–H groups in total. The van der Waals surface area contributed by atoms with Gasteiger partial charge in [0, 0.05) is 33.7 Å². The third kappa shape index (κ3) is 7.89. The van der Waals surface area contributed by atoms with Crippen LogP contribution >= 0.6 is 34.8 Å². The van der Waals surface area contributed by atoms with Gasteiger partial charge >= 0.3 is 0 Å². The first kappa shape index (κ1) is 33.5. The van der Waals surface area contributed by atoms with Crippen molar-refractivity contribution in [2.45, 2.75) is 51.1 Å². The molecule has 0 spiro atoms. The van der Waals surface area contributed by atoms with Gasteiger partial charge in [-0.15, -0.1) is 0 Å². The second-order valence-electron chi connectivity index (χ2n) is 9.58. The summed E-state index contributed by atoms with van der Waals surface area (Å²) in [6, 6.07) is 14.8. The summed E-state index contributed by atoms with van der Waals surface area (Å²) in [5.74, 6) is -0.831. The number of sulfonamides is 1. The molecule has 42 heavy (non-hydrogen) atoms. The zero-order chi connectivity index (χ0) is 31.0. The number of hydrogen-bond acceptors (Lipinski definition) is 5. The van der Waals surface area contributed by atoms with Crippen LogP contribution in [0.15, 0.2) is 65.6 Å². The number of aryl methyl sites for hydroxylation is 1. The molecule has 2 amide bonds. The summed E-state index contributed by atoms with van der Waals surface area (Å²) in [5, 5.41) is 3.70. The monoisotopic (exact) mass is 653 g/mol. The van der Waals surface area contributed by atoms with Crippen LogP contribution in [0.2, 0.25) is 15.1 Å². The molecule has 3 aromatic carbocycles. The molecule has 3 aromatic rings. The van der Waals surface area contributed by atoms with E-state index in [1.54, 1.807) is 43.3 Å². The van der Waals surface area contributed by atoms with Crippen LogP contribution in [-0.4, -0.2) is 51.4 Å². The van der Waals surface area contributed by atoms with E-state index in [0.29, 0.717) is 28.6 Å². The lowest BCUT2D eigenvalue weighted by Gasteiger charge is -2.34. The number of carbonyl (C=O) groups is 2. The molecule has 0 saturated carbocycles. The molecule has 1 atom stereocenters. The van der Waals surface area contributed by atoms with E-state index in [-0.39, 0.29) is 40.2 Å². The van der Waals surface area contributed by atoms with Gasteiger partial charge in [-0.2, -0.15) is 0 Å². The maximum atomic E-state index is 14.2. The zero-order valence-electron chi connectivity index (χ0n) is 23.9. The summed E-state index contributed by atoms with van der Waals surface area (Å²) < 4.78 is 34.6. The number of methoxy groups -OCH3 is 1. The van der Waals surface area contributed by atoms with Gasteiger partial charge in [-0.25, -0.2) is 8.42 Å². The van der Waals surface area contributed by atoms with Gasteiger partial charge in [-0.3, -0.25) is 13.9 Å². The topological polar surface area (TPSA) is 96.0 Å². The number of rotatable bonds is 13. The van der Waals surface area contributed by atoms with E-state index in [4.69, 9.17) is 39.5 Å². The second-order valence-corrected chi connectivity index (χ2v) is 12.7. The van der Waals surface area contributed by atoms with Crippen molar-refractivity contribution in [2.75, 3.05) is 24.5 Å². The van der Waals surface area contributed by atoms with Crippen molar-refractivity contribution in [2.24, 2.45) is 0 Å². The highest BCUT2D eigenvalue weighted by Gasteiger charge is 2.35. The highest BCUT2D eigenvalue weighted by Crippen LogP contribution is 2.35. The molecule has 0 aliphatic carbocycles. The van der Waals surface area contributed by atoms with Crippen molar-refractivity contribution in [1.29, 1.82) is 0 Å². The molecular weight excluding hydrogens is 621 g/mol. The Bertz CT molecular complexity index is 1500. The Morgan fingerprint density at radius 3 is 2.19 bits per heavy atom. The van der Waals surface area contributed by atoms with E-state index in [2.05, 4.69) is 5.32 Å². The maximum Gasteiger partial charge on any atom is 0.264 e. The number of nitrogens with one attached hydrogen (secondary N) is 1. The Labute approximate surface area is 262 Å². The molecule has 3 rings (SSSR count). The molecule has 0 bridgehead atoms. The molecular formula is C30H34Cl3N3O5S. The van der Waals surface area contributed by atoms with Gasteiger partial charge in [0.2, 0.25) is 11.8 Å². The van der Waals surface area contributed by atoms with Gasteiger partial charge in [-0.05, 0) is 62.2 Å². The molecule has 0 radical (unpaired) electrons. The Morgan fingerprint density at radius 2 is 1.62 bits per heavy atom. The second kappa shape index (κ2) is 15.0. The third-order valence-corrected chi connectivity index (χ3v) is 9.34. The molecule has 0 saturated heterocycles. The standard InChI is InChI=1S/C30H34Cl3N3O5S/c1-5-16-34-30(38)26(6-2)35(18-23-24(32)8-7-9-25(23)33)29(37)19-36(27-17-21(31)12-15-28(27)41-4)42(39,40)22-13-10-20(3)11-14-22/h7-15,17,26H,5-6,16,18-19H2,1-4H3,(H,34,38). The fourth-order valence-corrected chi connectivity index (χ4v) is 6.45. The van der Waals surface area contributed by atoms with Crippen LogP contribution in [0.4, 0.5) is 5.69 Å². The Morgan fingerprint density at radius 1 is 0.976 bits per heavy atom. The minimum atomic E-state index is -4.31. The maximum absolute atomic E-state index is 14.2. The number of carbonyl (C=O) groups excluding carboxylic acids is 2. The van der Waals surface area contributed by atoms with E-state index < -0.39 is 28.5 Å². The quantitative estimate of drug-likeness (QED) is 0.227. The van der Waals surface area contributed by atoms with Crippen molar-refractivity contribution in [3.63, 3.8) is 0 Å². The fourth-order valence-electron chi connectivity index (χ4n) is 4.35. The fraction of sp³-hybridized carbons (Fsp3) is 0.333. The minimum Gasteiger partial charge on any atom is -0.495 e. The molecule has 0 aromatic heterocycles. The summed E-state index contributed by atoms with van der Waals surface area (Å²) >= 11 is 19.2. The zero-order valence-corrected chi connectivity index (χ0v) is 26.9. The number of halogens is 3. The van der Waals surface area contributed by atoms with E-state index in [9.17, 15) is 18.0 Å². The number of amides is 2. The van der Waals surface area contributed by atoms with Crippen molar-refractivity contribution in [1.82, 2.24) is 10.2 Å². The van der Waals surface area contributed by atoms with Crippen molar-refractivity contribution >= 4 is 62.3 Å². The number of anilines is 1. The lowest BCUT2D eigenvalue weighted by molar-refractivity contribution is -0.140. The van der Waals surface area contributed by atoms with Crippen molar-refractivity contribution in [3.05, 3.63) is 86.9 Å². The van der Waals surface area contributed by atoms with Crippen molar-refractivity contribution in [3.8, 4) is 5.75 Å². The molecule has 226 valence electrons. The van der Waals surface area contributed by atoms with Crippen LogP contribution in [0.3, 0.4) is 0 Å². The third-order valence-electron chi connectivity index (χ3n) is 6.62. The lowest BCUT2D eigenvalue weighted by atomic mass is 10.1. The Hall–Kier alpha value is -2.98. The van der Waals surface area contributed by atoms with E-state index in [1.807, 2.05) is 13.8 Å². The van der Waals surface area contributed by atoms with Crippen LogP contribution in [0.1, 0.15) is 37.8 Å². The average Bonchev–Trinajstić information content (AvgIpc) is 2.96. The Balaban J connectivity index is 2.16. The highest BCUT2D eigenvalue weighted by atomic mass is 35.5. The number of hydrogen-bond donors (Lipinski definition) is 1.